The van der Waals surface area contributed by atoms with Crippen LogP contribution in [0, 0.1) is 5.41 Å². The number of carbonyl (C=O) groups excluding carboxylic acids is 1. The molecule has 0 radical (unpaired) electrons. The molecule has 2 fully saturated rings. The first-order valence-electron chi connectivity index (χ1n) is 9.56. The Morgan fingerprint density at radius 3 is 2.48 bits per heavy atom. The smallest absolute Gasteiger partial charge is 0.253 e. The van der Waals surface area contributed by atoms with Crippen LogP contribution in [0.15, 0.2) is 24.3 Å². The van der Waals surface area contributed by atoms with Crippen molar-refractivity contribution in [2.45, 2.75) is 51.6 Å². The van der Waals surface area contributed by atoms with E-state index in [2.05, 4.69) is 11.9 Å². The van der Waals surface area contributed by atoms with Gasteiger partial charge in [0, 0.05) is 25.2 Å². The van der Waals surface area contributed by atoms with Crippen molar-refractivity contribution in [3.63, 3.8) is 0 Å². The van der Waals surface area contributed by atoms with Crippen LogP contribution in [0.2, 0.25) is 0 Å². The van der Waals surface area contributed by atoms with E-state index in [4.69, 9.17) is 0 Å². The molecule has 25 heavy (non-hydrogen) atoms. The summed E-state index contributed by atoms with van der Waals surface area (Å²) in [6, 6.07) is 7.93. The van der Waals surface area contributed by atoms with E-state index >= 15 is 0 Å². The summed E-state index contributed by atoms with van der Waals surface area (Å²) in [7, 11) is 2.20. The Kier molecular flexibility index (Phi) is 5.21. The van der Waals surface area contributed by atoms with Crippen molar-refractivity contribution < 1.29 is 9.90 Å². The zero-order valence-electron chi connectivity index (χ0n) is 15.9. The summed E-state index contributed by atoms with van der Waals surface area (Å²) in [5.41, 5.74) is 1.68. The van der Waals surface area contributed by atoms with Crippen molar-refractivity contribution in [1.29, 1.82) is 0 Å². The molecule has 0 atom stereocenters. The number of carbonyl (C=O) groups is 1. The average Bonchev–Trinajstić information content (AvgIpc) is 2.93. The van der Waals surface area contributed by atoms with Gasteiger partial charge in [-0.25, -0.2) is 0 Å². The van der Waals surface area contributed by atoms with E-state index in [9.17, 15) is 9.90 Å². The van der Waals surface area contributed by atoms with Gasteiger partial charge < -0.3 is 14.9 Å². The number of rotatable bonds is 4. The summed E-state index contributed by atoms with van der Waals surface area (Å²) in [5.74, 6) is 0.159. The molecule has 1 aromatic carbocycles. The van der Waals surface area contributed by atoms with Gasteiger partial charge in [-0.2, -0.15) is 0 Å². The van der Waals surface area contributed by atoms with Crippen molar-refractivity contribution in [1.82, 2.24) is 9.80 Å². The van der Waals surface area contributed by atoms with E-state index in [-0.39, 0.29) is 5.91 Å². The van der Waals surface area contributed by atoms with Crippen LogP contribution in [0.25, 0.3) is 0 Å². The summed E-state index contributed by atoms with van der Waals surface area (Å²) in [6.45, 7) is 7.78. The fourth-order valence-electron chi connectivity index (χ4n) is 4.24. The Bertz CT molecular complexity index is 613. The third-order valence-corrected chi connectivity index (χ3v) is 5.94. The van der Waals surface area contributed by atoms with Crippen LogP contribution >= 0.6 is 0 Å². The summed E-state index contributed by atoms with van der Waals surface area (Å²) in [6.07, 6.45) is 5.02. The molecule has 0 unspecified atom stereocenters. The number of piperidine rings is 1. The van der Waals surface area contributed by atoms with Crippen LogP contribution in [0.3, 0.4) is 0 Å². The Morgan fingerprint density at radius 2 is 1.88 bits per heavy atom. The van der Waals surface area contributed by atoms with Gasteiger partial charge in [0.05, 0.1) is 5.60 Å². The normalized spacial score (nSPS) is 21.0. The van der Waals surface area contributed by atoms with Gasteiger partial charge in [-0.3, -0.25) is 4.79 Å². The monoisotopic (exact) mass is 344 g/mol. The van der Waals surface area contributed by atoms with Crippen molar-refractivity contribution in [3.8, 4) is 0 Å². The number of hydrogen-bond donors (Lipinski definition) is 1. The van der Waals surface area contributed by atoms with Crippen molar-refractivity contribution in [2.75, 3.05) is 33.2 Å². The molecule has 1 amide bonds. The Hall–Kier alpha value is -1.39. The molecule has 0 aromatic heterocycles. The molecule has 4 nitrogen and oxygen atoms in total. The van der Waals surface area contributed by atoms with Gasteiger partial charge in [0.25, 0.3) is 5.91 Å². The van der Waals surface area contributed by atoms with Crippen LogP contribution in [0.1, 0.15) is 55.5 Å². The topological polar surface area (TPSA) is 43.8 Å². The molecule has 1 N–H and O–H groups in total. The van der Waals surface area contributed by atoms with E-state index in [1.165, 1.54) is 19.5 Å². The Labute approximate surface area is 151 Å². The third-order valence-electron chi connectivity index (χ3n) is 5.94. The number of nitrogens with zero attached hydrogens (tertiary/aromatic N) is 2. The number of amides is 1. The summed E-state index contributed by atoms with van der Waals surface area (Å²) < 4.78 is 0. The lowest BCUT2D eigenvalue weighted by molar-refractivity contribution is 0.0594. The van der Waals surface area contributed by atoms with Gasteiger partial charge in [0.2, 0.25) is 0 Å². The quantitative estimate of drug-likeness (QED) is 0.913. The SMILES string of the molecule is CN1CCC2(CCN(C(=O)c3cccc(CCC(C)(C)O)c3)CC2)C1. The molecule has 2 heterocycles. The molecule has 3 rings (SSSR count). The molecule has 1 spiro atoms. The fourth-order valence-corrected chi connectivity index (χ4v) is 4.24. The van der Waals surface area contributed by atoms with E-state index in [1.54, 1.807) is 0 Å². The van der Waals surface area contributed by atoms with Gasteiger partial charge >= 0.3 is 0 Å². The molecule has 2 aliphatic heterocycles. The highest BCUT2D eigenvalue weighted by Crippen LogP contribution is 2.40. The van der Waals surface area contributed by atoms with E-state index < -0.39 is 5.60 Å². The molecule has 0 aliphatic carbocycles. The van der Waals surface area contributed by atoms with Crippen molar-refractivity contribution in [2.24, 2.45) is 5.41 Å². The first-order chi connectivity index (χ1) is 11.8. The first-order valence-corrected chi connectivity index (χ1v) is 9.56. The summed E-state index contributed by atoms with van der Waals surface area (Å²) in [5, 5.41) is 9.90. The maximum Gasteiger partial charge on any atom is 0.253 e. The summed E-state index contributed by atoms with van der Waals surface area (Å²) >= 11 is 0. The lowest BCUT2D eigenvalue weighted by Crippen LogP contribution is -2.44. The zero-order chi connectivity index (χ0) is 18.1. The highest BCUT2D eigenvalue weighted by atomic mass is 16.3. The van der Waals surface area contributed by atoms with E-state index in [0.717, 1.165) is 43.5 Å². The summed E-state index contributed by atoms with van der Waals surface area (Å²) in [4.78, 5) is 17.3. The predicted molar refractivity (Wildman–Crippen MR) is 101 cm³/mol. The molecule has 2 saturated heterocycles. The van der Waals surface area contributed by atoms with Gasteiger partial charge in [0.1, 0.15) is 0 Å². The second-order valence-electron chi connectivity index (χ2n) is 8.79. The largest absolute Gasteiger partial charge is 0.390 e. The highest BCUT2D eigenvalue weighted by Gasteiger charge is 2.40. The predicted octanol–water partition coefficient (Wildman–Crippen LogP) is 2.95. The van der Waals surface area contributed by atoms with Crippen LogP contribution < -0.4 is 0 Å². The number of hydrogen-bond acceptors (Lipinski definition) is 3. The van der Waals surface area contributed by atoms with E-state index in [0.29, 0.717) is 11.8 Å². The van der Waals surface area contributed by atoms with Gasteiger partial charge in [-0.1, -0.05) is 12.1 Å². The van der Waals surface area contributed by atoms with Crippen LogP contribution in [0.5, 0.6) is 0 Å². The Morgan fingerprint density at radius 1 is 1.20 bits per heavy atom. The van der Waals surface area contributed by atoms with Crippen LogP contribution in [0.4, 0.5) is 0 Å². The highest BCUT2D eigenvalue weighted by molar-refractivity contribution is 5.94. The fraction of sp³-hybridized carbons (Fsp3) is 0.667. The van der Waals surface area contributed by atoms with Crippen LogP contribution in [-0.4, -0.2) is 59.6 Å². The van der Waals surface area contributed by atoms with E-state index in [1.807, 2.05) is 43.0 Å². The van der Waals surface area contributed by atoms with Crippen molar-refractivity contribution >= 4 is 5.91 Å². The number of likely N-dealkylation sites (tertiary alicyclic amines) is 2. The van der Waals surface area contributed by atoms with Gasteiger partial charge in [-0.05, 0) is 82.7 Å². The molecule has 4 heteroatoms. The standard InChI is InChI=1S/C21H32N2O2/c1-20(2,25)8-7-17-5-4-6-18(15-17)19(24)23-13-10-21(11-14-23)9-12-22(3)16-21/h4-6,15,25H,7-14,16H2,1-3H3. The lowest BCUT2D eigenvalue weighted by Gasteiger charge is -2.39. The molecular formula is C21H32N2O2. The molecule has 0 saturated carbocycles. The first kappa shape index (κ1) is 18.4. The lowest BCUT2D eigenvalue weighted by atomic mass is 9.77. The second kappa shape index (κ2) is 7.08. The zero-order valence-corrected chi connectivity index (χ0v) is 15.9. The molecule has 138 valence electrons. The number of aryl methyl sites for hydroxylation is 1. The second-order valence-corrected chi connectivity index (χ2v) is 8.79. The van der Waals surface area contributed by atoms with Gasteiger partial charge in [-0.15, -0.1) is 0 Å². The maximum atomic E-state index is 12.9. The Balaban J connectivity index is 1.60. The van der Waals surface area contributed by atoms with Gasteiger partial charge in [0.15, 0.2) is 0 Å². The minimum Gasteiger partial charge on any atom is -0.390 e. The number of aliphatic hydroxyl groups is 1. The van der Waals surface area contributed by atoms with Crippen LogP contribution in [-0.2, 0) is 6.42 Å². The third kappa shape index (κ3) is 4.62. The number of benzene rings is 1. The molecular weight excluding hydrogens is 312 g/mol. The minimum atomic E-state index is -0.671. The molecule has 1 aromatic rings. The minimum absolute atomic E-state index is 0.159. The molecule has 0 bridgehead atoms. The average molecular weight is 344 g/mol. The maximum absolute atomic E-state index is 12.9. The van der Waals surface area contributed by atoms with Crippen molar-refractivity contribution in [3.05, 3.63) is 35.4 Å². The molecule has 2 aliphatic rings.